The van der Waals surface area contributed by atoms with Crippen LogP contribution in [0.5, 0.6) is 0 Å². The maximum Gasteiger partial charge on any atom is 0.252 e. The van der Waals surface area contributed by atoms with Gasteiger partial charge in [-0.3, -0.25) is 0 Å². The van der Waals surface area contributed by atoms with E-state index in [0.29, 0.717) is 5.01 Å². The molecule has 0 amide bonds. The molecule has 1 unspecified atom stereocenters. The van der Waals surface area contributed by atoms with Gasteiger partial charge >= 0.3 is 0 Å². The van der Waals surface area contributed by atoms with Gasteiger partial charge in [-0.05, 0) is 25.7 Å². The van der Waals surface area contributed by atoms with Crippen LogP contribution in [0.1, 0.15) is 17.8 Å². The molecule has 9 heteroatoms. The summed E-state index contributed by atoms with van der Waals surface area (Å²) in [4.78, 5) is 3.90. The first kappa shape index (κ1) is 13.2. The third kappa shape index (κ3) is 2.79. The number of rotatable bonds is 5. The number of thiazole rings is 1. The molecule has 0 aliphatic heterocycles. The van der Waals surface area contributed by atoms with E-state index in [2.05, 4.69) is 14.9 Å². The van der Waals surface area contributed by atoms with Crippen LogP contribution in [-0.4, -0.2) is 30.5 Å². The van der Waals surface area contributed by atoms with E-state index in [1.807, 2.05) is 0 Å². The van der Waals surface area contributed by atoms with E-state index in [4.69, 9.17) is 10.9 Å². The molecule has 0 bridgehead atoms. The number of hydrogen-bond donors (Lipinski definition) is 3. The van der Waals surface area contributed by atoms with Gasteiger partial charge in [-0.1, -0.05) is 5.16 Å². The van der Waals surface area contributed by atoms with E-state index >= 15 is 0 Å². The lowest BCUT2D eigenvalue weighted by Gasteiger charge is -2.15. The van der Waals surface area contributed by atoms with Gasteiger partial charge in [-0.2, -0.15) is 4.72 Å². The average Bonchev–Trinajstić information content (AvgIpc) is 3.07. The molecule has 1 heterocycles. The first-order chi connectivity index (χ1) is 8.44. The molecule has 100 valence electrons. The highest BCUT2D eigenvalue weighted by molar-refractivity contribution is 7.91. The van der Waals surface area contributed by atoms with Gasteiger partial charge in [0.15, 0.2) is 10.0 Å². The molecular formula is C9H14N4O3S2. The van der Waals surface area contributed by atoms with Crippen molar-refractivity contribution < 1.29 is 13.6 Å². The van der Waals surface area contributed by atoms with Crippen LogP contribution in [-0.2, 0) is 10.0 Å². The Morgan fingerprint density at radius 1 is 1.72 bits per heavy atom. The summed E-state index contributed by atoms with van der Waals surface area (Å²) in [6, 6.07) is -0.651. The third-order valence-electron chi connectivity index (χ3n) is 2.67. The van der Waals surface area contributed by atoms with Crippen LogP contribution in [0.15, 0.2) is 15.6 Å². The fraction of sp³-hybridized carbons (Fsp3) is 0.556. The number of hydrogen-bond acceptors (Lipinski definition) is 6. The van der Waals surface area contributed by atoms with Crippen LogP contribution >= 0.6 is 11.3 Å². The van der Waals surface area contributed by atoms with Gasteiger partial charge in [0.1, 0.15) is 0 Å². The van der Waals surface area contributed by atoms with Crippen molar-refractivity contribution in [3.05, 3.63) is 11.2 Å². The molecule has 1 aliphatic carbocycles. The van der Waals surface area contributed by atoms with Crippen LogP contribution in [0, 0.1) is 12.8 Å². The number of aryl methyl sites for hydroxylation is 1. The quantitative estimate of drug-likeness (QED) is 0.311. The predicted octanol–water partition coefficient (Wildman–Crippen LogP) is 0.255. The normalized spacial score (nSPS) is 18.8. The second-order valence-corrected chi connectivity index (χ2v) is 7.34. The Hall–Kier alpha value is -1.19. The lowest BCUT2D eigenvalue weighted by atomic mass is 10.2. The van der Waals surface area contributed by atoms with E-state index in [0.717, 1.165) is 24.2 Å². The Morgan fingerprint density at radius 2 is 2.39 bits per heavy atom. The molecule has 0 spiro atoms. The number of amidine groups is 1. The summed E-state index contributed by atoms with van der Waals surface area (Å²) in [5.74, 6) is -0.00740. The van der Waals surface area contributed by atoms with Crippen molar-refractivity contribution in [1.29, 1.82) is 0 Å². The molecule has 1 aromatic heterocycles. The zero-order valence-electron chi connectivity index (χ0n) is 9.70. The van der Waals surface area contributed by atoms with Gasteiger partial charge in [-0.25, -0.2) is 13.4 Å². The monoisotopic (exact) mass is 290 g/mol. The number of nitrogens with zero attached hydrogens (tertiary/aromatic N) is 2. The van der Waals surface area contributed by atoms with Gasteiger partial charge in [0.25, 0.3) is 10.0 Å². The first-order valence-corrected chi connectivity index (χ1v) is 7.66. The van der Waals surface area contributed by atoms with Crippen LogP contribution in [0.2, 0.25) is 0 Å². The second kappa shape index (κ2) is 4.82. The molecule has 1 aromatic rings. The number of sulfonamides is 1. The Kier molecular flexibility index (Phi) is 3.55. The van der Waals surface area contributed by atoms with E-state index in [-0.39, 0.29) is 16.0 Å². The maximum atomic E-state index is 12.1. The Labute approximate surface area is 109 Å². The topological polar surface area (TPSA) is 118 Å². The van der Waals surface area contributed by atoms with E-state index in [9.17, 15) is 8.42 Å². The van der Waals surface area contributed by atoms with Crippen LogP contribution < -0.4 is 10.5 Å². The van der Waals surface area contributed by atoms with Crippen LogP contribution in [0.3, 0.4) is 0 Å². The largest absolute Gasteiger partial charge is 0.409 e. The summed E-state index contributed by atoms with van der Waals surface area (Å²) >= 11 is 1.08. The van der Waals surface area contributed by atoms with E-state index < -0.39 is 16.1 Å². The van der Waals surface area contributed by atoms with Crippen molar-refractivity contribution in [2.24, 2.45) is 16.8 Å². The van der Waals surface area contributed by atoms with E-state index in [1.54, 1.807) is 6.92 Å². The zero-order valence-corrected chi connectivity index (χ0v) is 11.3. The van der Waals surface area contributed by atoms with Gasteiger partial charge in [0, 0.05) is 0 Å². The van der Waals surface area contributed by atoms with Crippen molar-refractivity contribution in [2.45, 2.75) is 30.0 Å². The van der Waals surface area contributed by atoms with Crippen molar-refractivity contribution in [2.75, 3.05) is 0 Å². The molecular weight excluding hydrogens is 276 g/mol. The minimum absolute atomic E-state index is 0.102. The molecule has 4 N–H and O–H groups in total. The number of aromatic nitrogens is 1. The summed E-state index contributed by atoms with van der Waals surface area (Å²) < 4.78 is 26.7. The fourth-order valence-corrected chi connectivity index (χ4v) is 3.98. The summed E-state index contributed by atoms with van der Waals surface area (Å²) in [5.41, 5.74) is 5.51. The lowest BCUT2D eigenvalue weighted by molar-refractivity contribution is 0.314. The summed E-state index contributed by atoms with van der Waals surface area (Å²) in [6.45, 7) is 1.73. The fourth-order valence-electron chi connectivity index (χ4n) is 1.58. The van der Waals surface area contributed by atoms with Crippen LogP contribution in [0.25, 0.3) is 0 Å². The van der Waals surface area contributed by atoms with Crippen molar-refractivity contribution >= 4 is 27.2 Å². The highest BCUT2D eigenvalue weighted by Gasteiger charge is 2.37. The molecule has 0 aromatic carbocycles. The minimum Gasteiger partial charge on any atom is -0.409 e. The Morgan fingerprint density at radius 3 is 2.83 bits per heavy atom. The van der Waals surface area contributed by atoms with Crippen molar-refractivity contribution in [1.82, 2.24) is 9.71 Å². The Balaban J connectivity index is 2.20. The predicted molar refractivity (Wildman–Crippen MR) is 67.1 cm³/mol. The molecule has 1 saturated carbocycles. The first-order valence-electron chi connectivity index (χ1n) is 5.36. The average molecular weight is 290 g/mol. The van der Waals surface area contributed by atoms with Crippen LogP contribution in [0.4, 0.5) is 0 Å². The molecule has 1 atom stereocenters. The molecule has 0 radical (unpaired) electrons. The molecule has 1 fully saturated rings. The van der Waals surface area contributed by atoms with E-state index in [1.165, 1.54) is 6.20 Å². The third-order valence-corrected chi connectivity index (χ3v) is 5.49. The van der Waals surface area contributed by atoms with Gasteiger partial charge < -0.3 is 10.9 Å². The number of nitrogens with one attached hydrogen (secondary N) is 1. The van der Waals surface area contributed by atoms with Gasteiger partial charge in [0.05, 0.1) is 17.2 Å². The molecule has 2 rings (SSSR count). The summed E-state index contributed by atoms with van der Waals surface area (Å²) in [6.07, 6.45) is 3.04. The molecule has 18 heavy (non-hydrogen) atoms. The minimum atomic E-state index is -3.66. The van der Waals surface area contributed by atoms with Crippen molar-refractivity contribution in [3.63, 3.8) is 0 Å². The summed E-state index contributed by atoms with van der Waals surface area (Å²) in [5, 5.41) is 12.2. The zero-order chi connectivity index (χ0) is 13.3. The highest BCUT2D eigenvalue weighted by Crippen LogP contribution is 2.33. The van der Waals surface area contributed by atoms with Crippen molar-refractivity contribution in [3.8, 4) is 0 Å². The summed E-state index contributed by atoms with van der Waals surface area (Å²) in [7, 11) is -3.66. The smallest absolute Gasteiger partial charge is 0.252 e. The molecule has 1 aliphatic rings. The van der Waals surface area contributed by atoms with Gasteiger partial charge in [-0.15, -0.1) is 11.3 Å². The number of nitrogens with two attached hydrogens (primary N) is 1. The SMILES string of the molecule is Cc1ncc(S(=O)(=O)NC(/C(N)=N/O)C2CC2)s1. The Bertz CT molecular complexity index is 562. The molecule has 7 nitrogen and oxygen atoms in total. The molecule has 0 saturated heterocycles. The number of oxime groups is 1. The maximum absolute atomic E-state index is 12.1. The highest BCUT2D eigenvalue weighted by atomic mass is 32.2. The van der Waals surface area contributed by atoms with Gasteiger partial charge in [0.2, 0.25) is 0 Å². The lowest BCUT2D eigenvalue weighted by Crippen LogP contribution is -2.45. The standard InChI is InChI=1S/C9H14N4O3S2/c1-5-11-4-7(17-5)18(15,16)13-8(6-2-3-6)9(10)12-14/h4,6,8,13-14H,2-3H2,1H3,(H2,10,12). The second-order valence-electron chi connectivity index (χ2n) is 4.16.